The van der Waals surface area contributed by atoms with Crippen molar-refractivity contribution in [2.75, 3.05) is 0 Å². The second-order valence-corrected chi connectivity index (χ2v) is 7.78. The summed E-state index contributed by atoms with van der Waals surface area (Å²) < 4.78 is 0. The molecule has 0 bridgehead atoms. The molecule has 0 aromatic heterocycles. The van der Waals surface area contributed by atoms with Gasteiger partial charge in [-0.25, -0.2) is 0 Å². The summed E-state index contributed by atoms with van der Waals surface area (Å²) in [5.41, 5.74) is 0. The van der Waals surface area contributed by atoms with Crippen LogP contribution < -0.4 is 0 Å². The molecule has 20 heavy (non-hydrogen) atoms. The minimum Gasteiger partial charge on any atom is -0.0654 e. The van der Waals surface area contributed by atoms with Gasteiger partial charge in [0.25, 0.3) is 0 Å². The van der Waals surface area contributed by atoms with Crippen molar-refractivity contribution in [3.63, 3.8) is 0 Å². The van der Waals surface area contributed by atoms with Gasteiger partial charge in [0.05, 0.1) is 0 Å². The standard InChI is InChI=1S/C20H40/c1-5-6-13-17(2)16-18(3)19(4)20-14-11-9-7-8-10-12-15-20/h17-20H,5-16H2,1-4H3. The highest BCUT2D eigenvalue weighted by molar-refractivity contribution is 4.74. The second-order valence-electron chi connectivity index (χ2n) is 7.78. The van der Waals surface area contributed by atoms with E-state index in [1.807, 2.05) is 0 Å². The molecule has 0 N–H and O–H groups in total. The summed E-state index contributed by atoms with van der Waals surface area (Å²) in [6.45, 7) is 9.87. The molecule has 1 aliphatic carbocycles. The maximum atomic E-state index is 2.56. The average Bonchev–Trinajstić information content (AvgIpc) is 2.57. The van der Waals surface area contributed by atoms with Gasteiger partial charge in [-0.1, -0.05) is 98.3 Å². The van der Waals surface area contributed by atoms with Crippen LogP contribution >= 0.6 is 0 Å². The molecular formula is C20H40. The number of rotatable bonds is 7. The molecule has 0 nitrogen and oxygen atoms in total. The Bertz CT molecular complexity index is 210. The first kappa shape index (κ1) is 18.1. The van der Waals surface area contributed by atoms with E-state index in [1.165, 1.54) is 77.0 Å². The van der Waals surface area contributed by atoms with E-state index < -0.39 is 0 Å². The molecule has 0 aromatic carbocycles. The zero-order valence-corrected chi connectivity index (χ0v) is 14.8. The molecule has 1 fully saturated rings. The summed E-state index contributed by atoms with van der Waals surface area (Å²) in [5.74, 6) is 3.81. The molecule has 0 radical (unpaired) electrons. The van der Waals surface area contributed by atoms with Crippen molar-refractivity contribution in [1.29, 1.82) is 0 Å². The van der Waals surface area contributed by atoms with E-state index in [9.17, 15) is 0 Å². The Morgan fingerprint density at radius 2 is 1.40 bits per heavy atom. The predicted octanol–water partition coefficient (Wildman–Crippen LogP) is 7.23. The molecule has 3 unspecified atom stereocenters. The Morgan fingerprint density at radius 1 is 0.850 bits per heavy atom. The molecule has 120 valence electrons. The lowest BCUT2D eigenvalue weighted by Crippen LogP contribution is -2.21. The Balaban J connectivity index is 2.37. The van der Waals surface area contributed by atoms with E-state index in [4.69, 9.17) is 0 Å². The van der Waals surface area contributed by atoms with Gasteiger partial charge in [-0.2, -0.15) is 0 Å². The van der Waals surface area contributed by atoms with Crippen LogP contribution in [0.25, 0.3) is 0 Å². The maximum Gasteiger partial charge on any atom is -0.0386 e. The molecule has 0 aliphatic heterocycles. The summed E-state index contributed by atoms with van der Waals surface area (Å²) in [4.78, 5) is 0. The Kier molecular flexibility index (Phi) is 9.65. The van der Waals surface area contributed by atoms with Gasteiger partial charge >= 0.3 is 0 Å². The van der Waals surface area contributed by atoms with Gasteiger partial charge in [0.1, 0.15) is 0 Å². The zero-order valence-electron chi connectivity index (χ0n) is 14.8. The van der Waals surface area contributed by atoms with Crippen molar-refractivity contribution >= 4 is 0 Å². The van der Waals surface area contributed by atoms with Crippen LogP contribution in [0, 0.1) is 23.7 Å². The first-order valence-electron chi connectivity index (χ1n) is 9.65. The summed E-state index contributed by atoms with van der Waals surface area (Å²) in [6.07, 6.45) is 17.6. The zero-order chi connectivity index (χ0) is 14.8. The Hall–Kier alpha value is 0. The van der Waals surface area contributed by atoms with Crippen LogP contribution in [0.15, 0.2) is 0 Å². The van der Waals surface area contributed by atoms with E-state index in [1.54, 1.807) is 0 Å². The molecular weight excluding hydrogens is 240 g/mol. The van der Waals surface area contributed by atoms with E-state index in [0.29, 0.717) is 0 Å². The van der Waals surface area contributed by atoms with Crippen molar-refractivity contribution in [3.8, 4) is 0 Å². The van der Waals surface area contributed by atoms with Gasteiger partial charge in [-0.05, 0) is 30.1 Å². The molecule has 1 aliphatic rings. The first-order chi connectivity index (χ1) is 9.65. The van der Waals surface area contributed by atoms with Crippen LogP contribution in [-0.4, -0.2) is 0 Å². The predicted molar refractivity (Wildman–Crippen MR) is 92.1 cm³/mol. The molecule has 0 heteroatoms. The lowest BCUT2D eigenvalue weighted by atomic mass is 9.75. The van der Waals surface area contributed by atoms with E-state index in [2.05, 4.69) is 27.7 Å². The Labute approximate surface area is 129 Å². The van der Waals surface area contributed by atoms with Crippen molar-refractivity contribution in [2.45, 2.75) is 105 Å². The lowest BCUT2D eigenvalue weighted by molar-refractivity contribution is 0.200. The highest BCUT2D eigenvalue weighted by atomic mass is 14.3. The van der Waals surface area contributed by atoms with Gasteiger partial charge in [-0.15, -0.1) is 0 Å². The van der Waals surface area contributed by atoms with E-state index in [-0.39, 0.29) is 0 Å². The minimum atomic E-state index is 0.924. The quantitative estimate of drug-likeness (QED) is 0.461. The van der Waals surface area contributed by atoms with E-state index in [0.717, 1.165) is 23.7 Å². The molecule has 0 aromatic rings. The summed E-state index contributed by atoms with van der Waals surface area (Å²) >= 11 is 0. The third-order valence-corrected chi connectivity index (χ3v) is 5.87. The van der Waals surface area contributed by atoms with Crippen LogP contribution in [-0.2, 0) is 0 Å². The van der Waals surface area contributed by atoms with Crippen LogP contribution in [0.5, 0.6) is 0 Å². The van der Waals surface area contributed by atoms with Crippen molar-refractivity contribution < 1.29 is 0 Å². The molecule has 1 rings (SSSR count). The fraction of sp³-hybridized carbons (Fsp3) is 1.00. The summed E-state index contributed by atoms with van der Waals surface area (Å²) in [5, 5.41) is 0. The van der Waals surface area contributed by atoms with Crippen molar-refractivity contribution in [1.82, 2.24) is 0 Å². The van der Waals surface area contributed by atoms with Gasteiger partial charge in [-0.3, -0.25) is 0 Å². The highest BCUT2D eigenvalue weighted by Crippen LogP contribution is 2.34. The van der Waals surface area contributed by atoms with E-state index >= 15 is 0 Å². The fourth-order valence-corrected chi connectivity index (χ4v) is 4.17. The molecule has 0 saturated heterocycles. The van der Waals surface area contributed by atoms with Crippen molar-refractivity contribution in [3.05, 3.63) is 0 Å². The second kappa shape index (κ2) is 10.7. The number of hydrogen-bond donors (Lipinski definition) is 0. The molecule has 3 atom stereocenters. The smallest absolute Gasteiger partial charge is 0.0386 e. The third kappa shape index (κ3) is 7.14. The summed E-state index contributed by atoms with van der Waals surface area (Å²) in [7, 11) is 0. The monoisotopic (exact) mass is 280 g/mol. The van der Waals surface area contributed by atoms with Gasteiger partial charge in [0.2, 0.25) is 0 Å². The highest BCUT2D eigenvalue weighted by Gasteiger charge is 2.23. The normalized spacial score (nSPS) is 23.4. The minimum absolute atomic E-state index is 0.924. The van der Waals surface area contributed by atoms with Crippen LogP contribution in [0.1, 0.15) is 105 Å². The van der Waals surface area contributed by atoms with Gasteiger partial charge in [0, 0.05) is 0 Å². The topological polar surface area (TPSA) is 0 Å². The molecule has 0 spiro atoms. The van der Waals surface area contributed by atoms with Crippen LogP contribution in [0.2, 0.25) is 0 Å². The lowest BCUT2D eigenvalue weighted by Gasteiger charge is -2.30. The summed E-state index contributed by atoms with van der Waals surface area (Å²) in [6, 6.07) is 0. The Morgan fingerprint density at radius 3 is 1.95 bits per heavy atom. The average molecular weight is 281 g/mol. The number of unbranched alkanes of at least 4 members (excludes halogenated alkanes) is 1. The van der Waals surface area contributed by atoms with Gasteiger partial charge in [0.15, 0.2) is 0 Å². The SMILES string of the molecule is CCCCC(C)CC(C)C(C)C1CCCCCCCC1. The fourth-order valence-electron chi connectivity index (χ4n) is 4.17. The maximum absolute atomic E-state index is 2.56. The molecule has 1 saturated carbocycles. The van der Waals surface area contributed by atoms with Gasteiger partial charge < -0.3 is 0 Å². The third-order valence-electron chi connectivity index (χ3n) is 5.87. The van der Waals surface area contributed by atoms with Crippen molar-refractivity contribution in [2.24, 2.45) is 23.7 Å². The molecule has 0 heterocycles. The van der Waals surface area contributed by atoms with Crippen LogP contribution in [0.3, 0.4) is 0 Å². The largest absolute Gasteiger partial charge is 0.0654 e. The first-order valence-corrected chi connectivity index (χ1v) is 9.65. The van der Waals surface area contributed by atoms with Crippen LogP contribution in [0.4, 0.5) is 0 Å². The molecule has 0 amide bonds. The number of hydrogen-bond acceptors (Lipinski definition) is 0.